The van der Waals surface area contributed by atoms with E-state index in [1.54, 1.807) is 0 Å². The normalized spacial score (nSPS) is 11.1. The maximum atomic E-state index is 4.08. The summed E-state index contributed by atoms with van der Waals surface area (Å²) in [6, 6.07) is 84.0. The molecule has 0 aliphatic carbocycles. The Morgan fingerprint density at radius 1 is 0.328 bits per heavy atom. The van der Waals surface area contributed by atoms with E-state index in [1.165, 1.54) is 10.8 Å². The van der Waals surface area contributed by atoms with E-state index in [9.17, 15) is 0 Å². The third-order valence-corrected chi connectivity index (χ3v) is 10.7. The van der Waals surface area contributed by atoms with E-state index in [1.807, 2.05) is 0 Å². The quantitative estimate of drug-likeness (QED) is 0.151. The Labute approximate surface area is 339 Å². The smallest absolute Gasteiger partial charge is 0.0708 e. The van der Waals surface area contributed by atoms with Crippen molar-refractivity contribution >= 4 is 67.3 Å². The van der Waals surface area contributed by atoms with Gasteiger partial charge in [-0.3, -0.25) is 0 Å². The molecule has 0 bridgehead atoms. The topological polar surface area (TPSA) is 23.4 Å². The highest BCUT2D eigenvalue weighted by atomic mass is 15.2. The number of hydrogen-bond donors (Lipinski definition) is 1. The van der Waals surface area contributed by atoms with Gasteiger partial charge in [-0.05, 0) is 90.5 Å². The van der Waals surface area contributed by atoms with Gasteiger partial charge in [-0.25, -0.2) is 0 Å². The van der Waals surface area contributed by atoms with Crippen molar-refractivity contribution in [3.63, 3.8) is 0 Å². The second kappa shape index (κ2) is 15.4. The van der Waals surface area contributed by atoms with Gasteiger partial charge in [0.2, 0.25) is 0 Å². The first-order chi connectivity index (χ1) is 28.8. The fourth-order valence-corrected chi connectivity index (χ4v) is 8.17. The third-order valence-electron chi connectivity index (χ3n) is 10.7. The van der Waals surface area contributed by atoms with Crippen molar-refractivity contribution in [3.05, 3.63) is 237 Å². The average molecular weight is 745 g/mol. The molecule has 0 spiro atoms. The first-order valence-electron chi connectivity index (χ1n) is 19.7. The summed E-state index contributed by atoms with van der Waals surface area (Å²) in [5, 5.41) is 6.53. The van der Waals surface area contributed by atoms with Crippen LogP contribution in [0.3, 0.4) is 0 Å². The Balaban J connectivity index is 1.25. The fraction of sp³-hybridized carbons (Fsp3) is 0. The Kier molecular flexibility index (Phi) is 9.18. The molecule has 1 N–H and O–H groups in total. The van der Waals surface area contributed by atoms with Crippen molar-refractivity contribution in [1.82, 2.24) is 4.57 Å². The fourth-order valence-electron chi connectivity index (χ4n) is 8.17. The molecule has 1 heterocycles. The lowest BCUT2D eigenvalue weighted by Crippen LogP contribution is -2.14. The molecule has 0 saturated heterocycles. The number of nitrogens with one attached hydrogen (secondary N) is 1. The summed E-state index contributed by atoms with van der Waals surface area (Å²) in [7, 11) is 0. The lowest BCUT2D eigenvalue weighted by molar-refractivity contribution is 1.18. The van der Waals surface area contributed by atoms with Crippen molar-refractivity contribution in [3.8, 4) is 16.8 Å². The lowest BCUT2D eigenvalue weighted by atomic mass is 10.0. The van der Waals surface area contributed by atoms with E-state index in [4.69, 9.17) is 0 Å². The summed E-state index contributed by atoms with van der Waals surface area (Å²) in [5.41, 5.74) is 13.9. The van der Waals surface area contributed by atoms with Gasteiger partial charge in [-0.15, -0.1) is 0 Å². The Morgan fingerprint density at radius 2 is 0.724 bits per heavy atom. The molecule has 0 aliphatic heterocycles. The van der Waals surface area contributed by atoms with Gasteiger partial charge in [0.1, 0.15) is 0 Å². The minimum absolute atomic E-state index is 0.951. The number of rotatable bonds is 10. The number of aromatic nitrogens is 1. The molecule has 276 valence electrons. The first-order valence-corrected chi connectivity index (χ1v) is 19.7. The molecule has 0 radical (unpaired) electrons. The highest BCUT2D eigenvalue weighted by Crippen LogP contribution is 2.45. The monoisotopic (exact) mass is 744 g/mol. The zero-order chi connectivity index (χ0) is 38.7. The van der Waals surface area contributed by atoms with Crippen LogP contribution in [-0.4, -0.2) is 4.57 Å². The van der Waals surface area contributed by atoms with Crippen LogP contribution in [0.5, 0.6) is 0 Å². The van der Waals surface area contributed by atoms with Crippen molar-refractivity contribution in [2.45, 2.75) is 0 Å². The second-order valence-electron chi connectivity index (χ2n) is 14.3. The summed E-state index contributed by atoms with van der Waals surface area (Å²) in [5.74, 6) is 0. The average Bonchev–Trinajstić information content (AvgIpc) is 3.63. The summed E-state index contributed by atoms with van der Waals surface area (Å²) in [6.07, 6.45) is 0. The minimum Gasteiger partial charge on any atom is -0.353 e. The summed E-state index contributed by atoms with van der Waals surface area (Å²) >= 11 is 0. The molecule has 0 unspecified atom stereocenters. The van der Waals surface area contributed by atoms with Crippen LogP contribution in [0.25, 0.3) is 38.6 Å². The Bertz CT molecular complexity index is 2730. The number of hydrogen-bond acceptors (Lipinski definition) is 3. The summed E-state index contributed by atoms with van der Waals surface area (Å²) in [6.45, 7) is 0. The molecule has 0 atom stereocenters. The van der Waals surface area contributed by atoms with Crippen LogP contribution >= 0.6 is 0 Å². The SMILES string of the molecule is c1ccc(-c2cccc(-n3c4ccccc4c4ccccc43)c2Nc2cc(N(c3ccccc3)c3ccccc3)cc(N(c3ccccc3)c3ccccc3)c2)cc1. The van der Waals surface area contributed by atoms with Gasteiger partial charge in [0.25, 0.3) is 0 Å². The van der Waals surface area contributed by atoms with E-state index in [2.05, 4.69) is 256 Å². The number of nitrogens with zero attached hydrogens (tertiary/aromatic N) is 3. The third kappa shape index (κ3) is 6.53. The molecule has 0 amide bonds. The van der Waals surface area contributed by atoms with E-state index in [0.717, 1.165) is 73.3 Å². The molecular weight excluding hydrogens is 705 g/mol. The lowest BCUT2D eigenvalue weighted by Gasteiger charge is -2.30. The van der Waals surface area contributed by atoms with Gasteiger partial charge in [0.15, 0.2) is 0 Å². The van der Waals surface area contributed by atoms with Crippen LogP contribution in [0.1, 0.15) is 0 Å². The number of fused-ring (bicyclic) bond motifs is 3. The molecular formula is C54H40N4. The van der Waals surface area contributed by atoms with Crippen LogP contribution in [0.4, 0.5) is 45.5 Å². The molecule has 1 aromatic heterocycles. The van der Waals surface area contributed by atoms with Crippen LogP contribution < -0.4 is 15.1 Å². The molecule has 4 heteroatoms. The number of para-hydroxylation sites is 7. The first kappa shape index (κ1) is 34.7. The second-order valence-corrected chi connectivity index (χ2v) is 14.3. The largest absolute Gasteiger partial charge is 0.353 e. The van der Waals surface area contributed by atoms with E-state index < -0.39 is 0 Å². The molecule has 10 rings (SSSR count). The Hall–Kier alpha value is -7.82. The highest BCUT2D eigenvalue weighted by molar-refractivity contribution is 6.10. The minimum atomic E-state index is 0.951. The van der Waals surface area contributed by atoms with Gasteiger partial charge in [-0.2, -0.15) is 0 Å². The summed E-state index contributed by atoms with van der Waals surface area (Å²) in [4.78, 5) is 4.67. The maximum Gasteiger partial charge on any atom is 0.0708 e. The van der Waals surface area contributed by atoms with E-state index in [-0.39, 0.29) is 0 Å². The van der Waals surface area contributed by atoms with Gasteiger partial charge in [-0.1, -0.05) is 152 Å². The summed E-state index contributed by atoms with van der Waals surface area (Å²) < 4.78 is 2.41. The van der Waals surface area contributed by atoms with Gasteiger partial charge in [0.05, 0.1) is 33.8 Å². The molecule has 9 aromatic carbocycles. The van der Waals surface area contributed by atoms with Crippen molar-refractivity contribution in [2.75, 3.05) is 15.1 Å². The van der Waals surface area contributed by atoms with Crippen LogP contribution in [0.15, 0.2) is 237 Å². The van der Waals surface area contributed by atoms with E-state index >= 15 is 0 Å². The number of benzene rings is 9. The zero-order valence-corrected chi connectivity index (χ0v) is 31.9. The zero-order valence-electron chi connectivity index (χ0n) is 31.9. The van der Waals surface area contributed by atoms with Crippen molar-refractivity contribution < 1.29 is 0 Å². The van der Waals surface area contributed by atoms with Gasteiger partial charge >= 0.3 is 0 Å². The standard InChI is InChI=1S/C54H40N4/c1-6-21-40(22-7-1)48-33-20-36-53(58-51-34-18-16-31-49(51)50-32-17-19-35-52(50)58)54(48)55-41-37-46(56(42-23-8-2-9-24-42)43-25-10-3-11-26-43)39-47(38-41)57(44-27-12-4-13-28-44)45-29-14-5-15-30-45/h1-39,55H. The predicted octanol–water partition coefficient (Wildman–Crippen LogP) is 15.1. The van der Waals surface area contributed by atoms with Gasteiger partial charge in [0, 0.05) is 44.8 Å². The van der Waals surface area contributed by atoms with E-state index in [0.29, 0.717) is 0 Å². The molecule has 4 nitrogen and oxygen atoms in total. The highest BCUT2D eigenvalue weighted by Gasteiger charge is 2.22. The van der Waals surface area contributed by atoms with Crippen molar-refractivity contribution in [1.29, 1.82) is 0 Å². The molecule has 58 heavy (non-hydrogen) atoms. The maximum absolute atomic E-state index is 4.08. The number of anilines is 8. The predicted molar refractivity (Wildman–Crippen MR) is 245 cm³/mol. The molecule has 0 fully saturated rings. The van der Waals surface area contributed by atoms with Crippen LogP contribution in [-0.2, 0) is 0 Å². The Morgan fingerprint density at radius 3 is 1.17 bits per heavy atom. The van der Waals surface area contributed by atoms with Crippen LogP contribution in [0, 0.1) is 0 Å². The molecule has 0 saturated carbocycles. The van der Waals surface area contributed by atoms with Gasteiger partial charge < -0.3 is 19.7 Å². The van der Waals surface area contributed by atoms with Crippen molar-refractivity contribution in [2.24, 2.45) is 0 Å². The van der Waals surface area contributed by atoms with Crippen LogP contribution in [0.2, 0.25) is 0 Å². The molecule has 0 aliphatic rings. The molecule has 10 aromatic rings.